The van der Waals surface area contributed by atoms with E-state index in [1.54, 1.807) is 25.1 Å². The first-order valence-corrected chi connectivity index (χ1v) is 11.1. The summed E-state index contributed by atoms with van der Waals surface area (Å²) < 4.78 is 3.30. The van der Waals surface area contributed by atoms with E-state index in [0.717, 1.165) is 0 Å². The van der Waals surface area contributed by atoms with Crippen molar-refractivity contribution in [1.82, 2.24) is 10.9 Å². The molecule has 32 heavy (non-hydrogen) atoms. The Labute approximate surface area is 208 Å². The number of amides is 3. The normalized spacial score (nSPS) is 18.4. The lowest BCUT2D eigenvalue weighted by Crippen LogP contribution is -2.42. The Balaban J connectivity index is 1.72. The fraction of sp³-hybridized carbons (Fsp3) is 0.250. The predicted octanol–water partition coefficient (Wildman–Crippen LogP) is 5.56. The Bertz CT molecular complexity index is 1060. The van der Waals surface area contributed by atoms with Crippen LogP contribution in [0.1, 0.15) is 28.8 Å². The molecule has 2 aromatic carbocycles. The van der Waals surface area contributed by atoms with Crippen LogP contribution in [0.25, 0.3) is 0 Å². The van der Waals surface area contributed by atoms with Crippen molar-refractivity contribution in [3.8, 4) is 0 Å². The third kappa shape index (κ3) is 5.53. The summed E-state index contributed by atoms with van der Waals surface area (Å²) in [5, 5.41) is 3.57. The molecule has 0 bridgehead atoms. The number of halogens is 5. The molecule has 12 heteroatoms. The topological polar surface area (TPSA) is 96.5 Å². The van der Waals surface area contributed by atoms with E-state index in [2.05, 4.69) is 20.9 Å². The first-order chi connectivity index (χ1) is 15.0. The second-order valence-electron chi connectivity index (χ2n) is 6.82. The largest absolute Gasteiger partial charge is 0.449 e. The van der Waals surface area contributed by atoms with Gasteiger partial charge in [0.1, 0.15) is 4.33 Å². The standard InChI is InChI=1S/C20H16Cl5N3O4/c1-2-32-19(31)28-27-17(29)13-8-12(3-4-14(13)23)26-18(30)16-15(20(16,24)25)9-5-10(21)7-11(22)6-9/h3-8,15-16H,2H2,1H3,(H,26,30)(H,27,29)(H,28,31). The lowest BCUT2D eigenvalue weighted by Gasteiger charge is -2.11. The molecule has 0 aliphatic heterocycles. The van der Waals surface area contributed by atoms with E-state index in [4.69, 9.17) is 58.0 Å². The van der Waals surface area contributed by atoms with Crippen molar-refractivity contribution in [2.75, 3.05) is 11.9 Å². The molecule has 0 saturated heterocycles. The Morgan fingerprint density at radius 2 is 1.66 bits per heavy atom. The summed E-state index contributed by atoms with van der Waals surface area (Å²) in [5.41, 5.74) is 5.17. The van der Waals surface area contributed by atoms with Crippen LogP contribution in [0.5, 0.6) is 0 Å². The monoisotopic (exact) mass is 537 g/mol. The number of carbonyl (C=O) groups excluding carboxylic acids is 3. The van der Waals surface area contributed by atoms with Gasteiger partial charge >= 0.3 is 6.09 Å². The molecule has 0 aromatic heterocycles. The van der Waals surface area contributed by atoms with Crippen LogP contribution in [-0.2, 0) is 9.53 Å². The number of carbonyl (C=O) groups is 3. The SMILES string of the molecule is CCOC(=O)NNC(=O)c1cc(NC(=O)C2C(c3cc(Cl)cc(Cl)c3)C2(Cl)Cl)ccc1Cl. The molecule has 3 amide bonds. The minimum absolute atomic E-state index is 0.0123. The maximum atomic E-state index is 12.8. The van der Waals surface area contributed by atoms with Gasteiger partial charge in [-0.1, -0.05) is 34.8 Å². The van der Waals surface area contributed by atoms with E-state index in [0.29, 0.717) is 15.6 Å². The summed E-state index contributed by atoms with van der Waals surface area (Å²) in [6.45, 7) is 1.75. The maximum Gasteiger partial charge on any atom is 0.426 e. The molecular weight excluding hydrogens is 524 g/mol. The van der Waals surface area contributed by atoms with Crippen molar-refractivity contribution in [3.05, 3.63) is 62.6 Å². The molecule has 2 unspecified atom stereocenters. The molecule has 0 spiro atoms. The Hall–Kier alpha value is -1.90. The molecule has 0 heterocycles. The molecule has 2 aromatic rings. The zero-order valence-corrected chi connectivity index (χ0v) is 20.1. The van der Waals surface area contributed by atoms with Crippen LogP contribution < -0.4 is 16.2 Å². The van der Waals surface area contributed by atoms with Crippen molar-refractivity contribution in [2.45, 2.75) is 17.2 Å². The van der Waals surface area contributed by atoms with E-state index >= 15 is 0 Å². The highest BCUT2D eigenvalue weighted by Crippen LogP contribution is 2.65. The fourth-order valence-electron chi connectivity index (χ4n) is 3.16. The number of anilines is 1. The van der Waals surface area contributed by atoms with Crippen LogP contribution in [-0.4, -0.2) is 28.8 Å². The minimum atomic E-state index is -1.35. The summed E-state index contributed by atoms with van der Waals surface area (Å²) in [7, 11) is 0. The highest BCUT2D eigenvalue weighted by molar-refractivity contribution is 6.53. The molecular formula is C20H16Cl5N3O4. The van der Waals surface area contributed by atoms with Gasteiger partial charge in [0, 0.05) is 21.7 Å². The number of nitrogens with one attached hydrogen (secondary N) is 3. The number of benzene rings is 2. The summed E-state index contributed by atoms with van der Waals surface area (Å²) in [4.78, 5) is 36.5. The second-order valence-corrected chi connectivity index (χ2v) is 9.54. The molecule has 3 N–H and O–H groups in total. The van der Waals surface area contributed by atoms with Gasteiger partial charge in [0.25, 0.3) is 5.91 Å². The van der Waals surface area contributed by atoms with Gasteiger partial charge in [-0.3, -0.25) is 15.0 Å². The third-order valence-electron chi connectivity index (χ3n) is 4.61. The Morgan fingerprint density at radius 1 is 1.00 bits per heavy atom. The first kappa shape index (κ1) is 24.7. The van der Waals surface area contributed by atoms with Gasteiger partial charge < -0.3 is 10.1 Å². The van der Waals surface area contributed by atoms with Gasteiger partial charge in [-0.2, -0.15) is 0 Å². The van der Waals surface area contributed by atoms with Crippen molar-refractivity contribution >= 4 is 81.6 Å². The number of rotatable bonds is 5. The summed E-state index contributed by atoms with van der Waals surface area (Å²) in [6, 6.07) is 9.13. The van der Waals surface area contributed by atoms with Gasteiger partial charge in [-0.25, -0.2) is 10.2 Å². The molecule has 170 valence electrons. The van der Waals surface area contributed by atoms with Crippen LogP contribution in [0, 0.1) is 5.92 Å². The zero-order valence-electron chi connectivity index (χ0n) is 16.3. The quantitative estimate of drug-likeness (QED) is 0.342. The first-order valence-electron chi connectivity index (χ1n) is 9.22. The number of ether oxygens (including phenoxy) is 1. The Morgan fingerprint density at radius 3 is 2.28 bits per heavy atom. The zero-order chi connectivity index (χ0) is 23.6. The summed E-state index contributed by atoms with van der Waals surface area (Å²) >= 11 is 30.9. The number of alkyl halides is 2. The van der Waals surface area contributed by atoms with E-state index in [1.807, 2.05) is 0 Å². The number of hydrogen-bond donors (Lipinski definition) is 3. The van der Waals surface area contributed by atoms with Crippen molar-refractivity contribution < 1.29 is 19.1 Å². The molecule has 1 saturated carbocycles. The van der Waals surface area contributed by atoms with Gasteiger partial charge in [-0.05, 0) is 48.9 Å². The third-order valence-corrected chi connectivity index (χ3v) is 6.32. The highest BCUT2D eigenvalue weighted by Gasteiger charge is 2.67. The second kappa shape index (κ2) is 9.93. The lowest BCUT2D eigenvalue weighted by atomic mass is 10.1. The fourth-order valence-corrected chi connectivity index (χ4v) is 4.74. The molecule has 1 aliphatic rings. The molecule has 3 rings (SSSR count). The van der Waals surface area contributed by atoms with Crippen molar-refractivity contribution in [3.63, 3.8) is 0 Å². The van der Waals surface area contributed by atoms with E-state index in [9.17, 15) is 14.4 Å². The van der Waals surface area contributed by atoms with Crippen LogP contribution in [0.3, 0.4) is 0 Å². The Kier molecular flexibility index (Phi) is 7.68. The smallest absolute Gasteiger partial charge is 0.426 e. The molecule has 0 radical (unpaired) electrons. The van der Waals surface area contributed by atoms with Crippen LogP contribution >= 0.6 is 58.0 Å². The minimum Gasteiger partial charge on any atom is -0.449 e. The molecule has 1 aliphatic carbocycles. The summed E-state index contributed by atoms with van der Waals surface area (Å²) in [6.07, 6.45) is -0.831. The molecule has 7 nitrogen and oxygen atoms in total. The number of hydrazine groups is 1. The van der Waals surface area contributed by atoms with Crippen LogP contribution in [0.4, 0.5) is 10.5 Å². The van der Waals surface area contributed by atoms with Gasteiger partial charge in [0.2, 0.25) is 5.91 Å². The van der Waals surface area contributed by atoms with Crippen molar-refractivity contribution in [2.24, 2.45) is 5.92 Å². The predicted molar refractivity (Wildman–Crippen MR) is 125 cm³/mol. The highest BCUT2D eigenvalue weighted by atomic mass is 35.5. The van der Waals surface area contributed by atoms with E-state index in [1.165, 1.54) is 18.2 Å². The maximum absolute atomic E-state index is 12.8. The average Bonchev–Trinajstić information content (AvgIpc) is 3.29. The van der Waals surface area contributed by atoms with Crippen LogP contribution in [0.15, 0.2) is 36.4 Å². The lowest BCUT2D eigenvalue weighted by molar-refractivity contribution is -0.117. The van der Waals surface area contributed by atoms with E-state index in [-0.39, 0.29) is 22.9 Å². The average molecular weight is 540 g/mol. The molecule has 1 fully saturated rings. The van der Waals surface area contributed by atoms with Crippen LogP contribution in [0.2, 0.25) is 15.1 Å². The van der Waals surface area contributed by atoms with E-state index < -0.39 is 34.1 Å². The summed E-state index contributed by atoms with van der Waals surface area (Å²) in [5.74, 6) is -2.47. The van der Waals surface area contributed by atoms with Gasteiger partial charge in [0.15, 0.2) is 0 Å². The number of hydrogen-bond acceptors (Lipinski definition) is 4. The van der Waals surface area contributed by atoms with Crippen molar-refractivity contribution in [1.29, 1.82) is 0 Å². The molecule has 2 atom stereocenters. The van der Waals surface area contributed by atoms with Gasteiger partial charge in [-0.15, -0.1) is 23.2 Å². The van der Waals surface area contributed by atoms with Gasteiger partial charge in [0.05, 0.1) is 23.1 Å².